The van der Waals surface area contributed by atoms with Crippen LogP contribution < -0.4 is 10.6 Å². The smallest absolute Gasteiger partial charge is 0.314 e. The first-order valence-corrected chi connectivity index (χ1v) is 7.05. The van der Waals surface area contributed by atoms with Crippen LogP contribution in [-0.4, -0.2) is 50.1 Å². The molecule has 0 aliphatic heterocycles. The van der Waals surface area contributed by atoms with Crippen molar-refractivity contribution < 1.29 is 23.1 Å². The van der Waals surface area contributed by atoms with E-state index in [9.17, 15) is 18.0 Å². The first-order valence-electron chi connectivity index (χ1n) is 5.23. The molecular formula is C9H18N2O5S. The number of hydrogen-bond donors (Lipinski definition) is 3. The summed E-state index contributed by atoms with van der Waals surface area (Å²) >= 11 is 0. The molecule has 0 rings (SSSR count). The normalized spacial score (nSPS) is 12.8. The second-order valence-corrected chi connectivity index (χ2v) is 6.09. The Morgan fingerprint density at radius 2 is 1.88 bits per heavy atom. The van der Waals surface area contributed by atoms with Crippen LogP contribution in [0.15, 0.2) is 0 Å². The first kappa shape index (κ1) is 15.7. The fourth-order valence-corrected chi connectivity index (χ4v) is 1.56. The summed E-state index contributed by atoms with van der Waals surface area (Å²) in [7, 11) is -3.10. The van der Waals surface area contributed by atoms with Gasteiger partial charge in [-0.3, -0.25) is 4.79 Å². The number of nitrogens with one attached hydrogen (secondary N) is 2. The molecule has 1 unspecified atom stereocenters. The van der Waals surface area contributed by atoms with Gasteiger partial charge in [-0.25, -0.2) is 13.2 Å². The maximum Gasteiger partial charge on any atom is 0.314 e. The zero-order valence-corrected chi connectivity index (χ0v) is 10.7. The third-order valence-electron chi connectivity index (χ3n) is 2.13. The molecule has 0 heterocycles. The lowest BCUT2D eigenvalue weighted by Gasteiger charge is -2.09. The van der Waals surface area contributed by atoms with Crippen molar-refractivity contribution in [1.29, 1.82) is 0 Å². The fourth-order valence-electron chi connectivity index (χ4n) is 0.860. The van der Waals surface area contributed by atoms with E-state index in [0.29, 0.717) is 0 Å². The van der Waals surface area contributed by atoms with Crippen LogP contribution in [0.3, 0.4) is 0 Å². The van der Waals surface area contributed by atoms with E-state index < -0.39 is 27.8 Å². The monoisotopic (exact) mass is 266 g/mol. The Hall–Kier alpha value is -1.31. The standard InChI is InChI=1S/C9H18N2O5S/c1-3-17(15,16)5-4-10-9(14)11-6-7(2)8(12)13/h7H,3-6H2,1-2H3,(H,12,13)(H2,10,11,14). The number of carboxylic acid groups (broad SMARTS) is 1. The number of sulfone groups is 1. The number of carbonyl (C=O) groups is 2. The minimum Gasteiger partial charge on any atom is -0.481 e. The molecule has 2 amide bonds. The highest BCUT2D eigenvalue weighted by atomic mass is 32.2. The van der Waals surface area contributed by atoms with Crippen LogP contribution in [0.2, 0.25) is 0 Å². The molecule has 0 saturated carbocycles. The van der Waals surface area contributed by atoms with E-state index in [1.807, 2.05) is 0 Å². The van der Waals surface area contributed by atoms with Crippen LogP contribution in [0.25, 0.3) is 0 Å². The Labute approximate surface area is 101 Å². The third-order valence-corrected chi connectivity index (χ3v) is 3.83. The van der Waals surface area contributed by atoms with Crippen LogP contribution in [0.4, 0.5) is 4.79 Å². The van der Waals surface area contributed by atoms with E-state index in [2.05, 4.69) is 10.6 Å². The molecule has 0 aromatic rings. The summed E-state index contributed by atoms with van der Waals surface area (Å²) < 4.78 is 22.2. The summed E-state index contributed by atoms with van der Waals surface area (Å²) in [6, 6.07) is -0.565. The summed E-state index contributed by atoms with van der Waals surface area (Å²) in [5, 5.41) is 13.2. The molecule has 1 atom stereocenters. The minimum absolute atomic E-state index is 0.00168. The molecular weight excluding hydrogens is 248 g/mol. The van der Waals surface area contributed by atoms with E-state index >= 15 is 0 Å². The van der Waals surface area contributed by atoms with Crippen molar-refractivity contribution >= 4 is 21.8 Å². The fraction of sp³-hybridized carbons (Fsp3) is 0.778. The van der Waals surface area contributed by atoms with Crippen molar-refractivity contribution in [3.05, 3.63) is 0 Å². The molecule has 0 radical (unpaired) electrons. The molecule has 17 heavy (non-hydrogen) atoms. The van der Waals surface area contributed by atoms with E-state index in [4.69, 9.17) is 5.11 Å². The molecule has 0 spiro atoms. The average molecular weight is 266 g/mol. The largest absolute Gasteiger partial charge is 0.481 e. The van der Waals surface area contributed by atoms with Gasteiger partial charge >= 0.3 is 12.0 Å². The Morgan fingerprint density at radius 3 is 2.35 bits per heavy atom. The van der Waals surface area contributed by atoms with Gasteiger partial charge in [0.25, 0.3) is 0 Å². The van der Waals surface area contributed by atoms with Gasteiger partial charge in [0.15, 0.2) is 9.84 Å². The van der Waals surface area contributed by atoms with Crippen LogP contribution in [0.5, 0.6) is 0 Å². The molecule has 0 aliphatic carbocycles. The average Bonchev–Trinajstić information content (AvgIpc) is 2.25. The van der Waals surface area contributed by atoms with Gasteiger partial charge in [0, 0.05) is 18.8 Å². The number of hydrogen-bond acceptors (Lipinski definition) is 4. The van der Waals surface area contributed by atoms with Gasteiger partial charge < -0.3 is 15.7 Å². The van der Waals surface area contributed by atoms with Crippen LogP contribution in [0.1, 0.15) is 13.8 Å². The van der Waals surface area contributed by atoms with E-state index in [-0.39, 0.29) is 24.6 Å². The van der Waals surface area contributed by atoms with Gasteiger partial charge in [-0.2, -0.15) is 0 Å². The zero-order valence-electron chi connectivity index (χ0n) is 9.89. The summed E-state index contributed by atoms with van der Waals surface area (Å²) in [4.78, 5) is 21.6. The number of carbonyl (C=O) groups excluding carboxylic acids is 1. The quantitative estimate of drug-likeness (QED) is 0.572. The molecule has 0 fully saturated rings. The van der Waals surface area contributed by atoms with Gasteiger partial charge in [0.2, 0.25) is 0 Å². The van der Waals surface area contributed by atoms with Crippen molar-refractivity contribution in [3.63, 3.8) is 0 Å². The second-order valence-electron chi connectivity index (χ2n) is 3.61. The molecule has 8 heteroatoms. The third kappa shape index (κ3) is 7.56. The van der Waals surface area contributed by atoms with Crippen molar-refractivity contribution in [2.75, 3.05) is 24.6 Å². The van der Waals surface area contributed by atoms with E-state index in [1.54, 1.807) is 0 Å². The number of urea groups is 1. The van der Waals surface area contributed by atoms with Crippen LogP contribution in [-0.2, 0) is 14.6 Å². The number of aliphatic carboxylic acids is 1. The predicted molar refractivity (Wildman–Crippen MR) is 62.5 cm³/mol. The Balaban J connectivity index is 3.78. The van der Waals surface area contributed by atoms with Crippen molar-refractivity contribution in [1.82, 2.24) is 10.6 Å². The minimum atomic E-state index is -3.10. The van der Waals surface area contributed by atoms with E-state index in [0.717, 1.165) is 0 Å². The lowest BCUT2D eigenvalue weighted by molar-refractivity contribution is -0.140. The molecule has 100 valence electrons. The molecule has 0 aliphatic rings. The van der Waals surface area contributed by atoms with Gasteiger partial charge in [0.05, 0.1) is 11.7 Å². The van der Waals surface area contributed by atoms with Gasteiger partial charge in [-0.05, 0) is 0 Å². The van der Waals surface area contributed by atoms with Gasteiger partial charge in [0.1, 0.15) is 0 Å². The number of rotatable bonds is 7. The predicted octanol–water partition coefficient (Wildman–Crippen LogP) is -0.559. The number of amides is 2. The molecule has 7 nitrogen and oxygen atoms in total. The van der Waals surface area contributed by atoms with Crippen molar-refractivity contribution in [2.45, 2.75) is 13.8 Å². The molecule has 0 aromatic carbocycles. The van der Waals surface area contributed by atoms with Crippen LogP contribution >= 0.6 is 0 Å². The van der Waals surface area contributed by atoms with Crippen molar-refractivity contribution in [2.24, 2.45) is 5.92 Å². The number of carboxylic acids is 1. The highest BCUT2D eigenvalue weighted by Gasteiger charge is 2.12. The highest BCUT2D eigenvalue weighted by molar-refractivity contribution is 7.91. The maximum absolute atomic E-state index is 11.1. The molecule has 0 saturated heterocycles. The zero-order chi connectivity index (χ0) is 13.5. The Morgan fingerprint density at radius 1 is 1.29 bits per heavy atom. The van der Waals surface area contributed by atoms with E-state index in [1.165, 1.54) is 13.8 Å². The molecule has 0 bridgehead atoms. The summed E-state index contributed by atoms with van der Waals surface area (Å²) in [5.41, 5.74) is 0. The van der Waals surface area contributed by atoms with Crippen LogP contribution in [0, 0.1) is 5.92 Å². The van der Waals surface area contributed by atoms with Crippen molar-refractivity contribution in [3.8, 4) is 0 Å². The van der Waals surface area contributed by atoms with Gasteiger partial charge in [-0.1, -0.05) is 13.8 Å². The topological polar surface area (TPSA) is 113 Å². The SMILES string of the molecule is CCS(=O)(=O)CCNC(=O)NCC(C)C(=O)O. The molecule has 0 aromatic heterocycles. The first-order chi connectivity index (χ1) is 7.78. The van der Waals surface area contributed by atoms with Gasteiger partial charge in [-0.15, -0.1) is 0 Å². The lowest BCUT2D eigenvalue weighted by atomic mass is 10.2. The summed E-state index contributed by atoms with van der Waals surface area (Å²) in [6.45, 7) is 3.01. The molecule has 3 N–H and O–H groups in total. The summed E-state index contributed by atoms with van der Waals surface area (Å²) in [5.74, 6) is -1.77. The summed E-state index contributed by atoms with van der Waals surface area (Å²) in [6.07, 6.45) is 0. The lowest BCUT2D eigenvalue weighted by Crippen LogP contribution is -2.41. The maximum atomic E-state index is 11.1. The Kier molecular flexibility index (Phi) is 6.55. The highest BCUT2D eigenvalue weighted by Crippen LogP contribution is 1.91. The second kappa shape index (κ2) is 7.10. The Bertz CT molecular complexity index is 366.